The molecule has 3 nitrogen and oxygen atoms in total. The Morgan fingerprint density at radius 1 is 1.00 bits per heavy atom. The summed E-state index contributed by atoms with van der Waals surface area (Å²) >= 11 is 5.55. The Balaban J connectivity index is 2.13. The molecule has 2 aromatic rings. The molecule has 0 aromatic heterocycles. The first kappa shape index (κ1) is 14.2. The summed E-state index contributed by atoms with van der Waals surface area (Å²) in [6, 6.07) is 5.69. The first-order valence-electron chi connectivity index (χ1n) is 5.44. The molecule has 2 aromatic carbocycles. The number of amides is 2. The van der Waals surface area contributed by atoms with Crippen molar-refractivity contribution in [2.24, 2.45) is 0 Å². The Labute approximate surface area is 117 Å². The van der Waals surface area contributed by atoms with Crippen LogP contribution in [0.25, 0.3) is 0 Å². The summed E-state index contributed by atoms with van der Waals surface area (Å²) in [5.41, 5.74) is -0.531. The Hall–Kier alpha value is -2.21. The fourth-order valence-corrected chi connectivity index (χ4v) is 1.64. The van der Waals surface area contributed by atoms with Gasteiger partial charge in [0.15, 0.2) is 5.82 Å². The third kappa shape index (κ3) is 3.21. The van der Waals surface area contributed by atoms with Crippen molar-refractivity contribution in [1.29, 1.82) is 0 Å². The van der Waals surface area contributed by atoms with Crippen molar-refractivity contribution in [1.82, 2.24) is 0 Å². The van der Waals surface area contributed by atoms with Gasteiger partial charge < -0.3 is 10.6 Å². The fourth-order valence-electron chi connectivity index (χ4n) is 1.47. The Bertz CT molecular complexity index is 658. The van der Waals surface area contributed by atoms with Crippen molar-refractivity contribution in [3.05, 3.63) is 58.9 Å². The molecule has 0 bridgehead atoms. The molecule has 0 saturated carbocycles. The number of benzene rings is 2. The molecule has 0 fully saturated rings. The normalized spacial score (nSPS) is 10.2. The zero-order valence-corrected chi connectivity index (χ0v) is 10.6. The number of anilines is 2. The Kier molecular flexibility index (Phi) is 4.14. The fraction of sp³-hybridized carbons (Fsp3) is 0. The number of carbonyl (C=O) groups excluding carboxylic acids is 1. The summed E-state index contributed by atoms with van der Waals surface area (Å²) < 4.78 is 39.8. The van der Waals surface area contributed by atoms with Crippen LogP contribution < -0.4 is 10.6 Å². The average Bonchev–Trinajstić information content (AvgIpc) is 2.39. The first-order chi connectivity index (χ1) is 9.47. The van der Waals surface area contributed by atoms with Crippen molar-refractivity contribution >= 4 is 29.0 Å². The number of rotatable bonds is 2. The number of carbonyl (C=O) groups is 1. The van der Waals surface area contributed by atoms with E-state index in [0.717, 1.165) is 18.2 Å². The molecule has 7 heteroatoms. The van der Waals surface area contributed by atoms with E-state index < -0.39 is 23.5 Å². The lowest BCUT2D eigenvalue weighted by atomic mass is 10.3. The quantitative estimate of drug-likeness (QED) is 0.848. The molecule has 2 rings (SSSR count). The van der Waals surface area contributed by atoms with Crippen molar-refractivity contribution in [2.75, 3.05) is 10.6 Å². The van der Waals surface area contributed by atoms with Crippen molar-refractivity contribution in [2.45, 2.75) is 0 Å². The van der Waals surface area contributed by atoms with Crippen LogP contribution in [0.4, 0.5) is 29.3 Å². The number of hydrogen-bond donors (Lipinski definition) is 2. The molecule has 0 aliphatic carbocycles. The maximum absolute atomic E-state index is 13.5. The highest BCUT2D eigenvalue weighted by Crippen LogP contribution is 2.22. The standard InChI is InChI=1S/C13H8ClF3N2O/c14-8-2-1-3-10(12(8)17)18-13(20)19-11-6-7(15)4-5-9(11)16/h1-6H,(H2,18,19,20). The summed E-state index contributed by atoms with van der Waals surface area (Å²) in [6.45, 7) is 0. The van der Waals surface area contributed by atoms with E-state index in [-0.39, 0.29) is 16.4 Å². The SMILES string of the molecule is O=C(Nc1cc(F)ccc1F)Nc1cccc(Cl)c1F. The van der Waals surface area contributed by atoms with Crippen molar-refractivity contribution < 1.29 is 18.0 Å². The second-order valence-corrected chi connectivity index (χ2v) is 4.21. The predicted molar refractivity (Wildman–Crippen MR) is 70.4 cm³/mol. The summed E-state index contributed by atoms with van der Waals surface area (Å²) in [7, 11) is 0. The number of urea groups is 1. The van der Waals surface area contributed by atoms with E-state index in [1.54, 1.807) is 0 Å². The van der Waals surface area contributed by atoms with E-state index in [0.29, 0.717) is 0 Å². The molecule has 0 heterocycles. The molecule has 0 aliphatic heterocycles. The third-order valence-electron chi connectivity index (χ3n) is 2.38. The van der Waals surface area contributed by atoms with Crippen molar-refractivity contribution in [3.8, 4) is 0 Å². The van der Waals surface area contributed by atoms with Crippen LogP contribution in [0.2, 0.25) is 5.02 Å². The van der Waals surface area contributed by atoms with Crippen LogP contribution in [0, 0.1) is 17.5 Å². The lowest BCUT2D eigenvalue weighted by Gasteiger charge is -2.09. The van der Waals surface area contributed by atoms with Gasteiger partial charge in [0, 0.05) is 6.07 Å². The van der Waals surface area contributed by atoms with E-state index in [9.17, 15) is 18.0 Å². The second kappa shape index (κ2) is 5.83. The van der Waals surface area contributed by atoms with Gasteiger partial charge in [0.1, 0.15) is 11.6 Å². The minimum Gasteiger partial charge on any atom is -0.305 e. The van der Waals surface area contributed by atoms with Gasteiger partial charge in [-0.3, -0.25) is 0 Å². The molecule has 0 unspecified atom stereocenters. The minimum absolute atomic E-state index is 0.167. The highest BCUT2D eigenvalue weighted by molar-refractivity contribution is 6.31. The summed E-state index contributed by atoms with van der Waals surface area (Å²) in [5.74, 6) is -2.34. The van der Waals surface area contributed by atoms with Crippen LogP contribution >= 0.6 is 11.6 Å². The largest absolute Gasteiger partial charge is 0.323 e. The van der Waals surface area contributed by atoms with Gasteiger partial charge in [0.2, 0.25) is 0 Å². The number of halogens is 4. The van der Waals surface area contributed by atoms with E-state index in [2.05, 4.69) is 10.6 Å². The molecule has 2 N–H and O–H groups in total. The summed E-state index contributed by atoms with van der Waals surface area (Å²) in [6.07, 6.45) is 0. The lowest BCUT2D eigenvalue weighted by Crippen LogP contribution is -2.21. The number of nitrogens with one attached hydrogen (secondary N) is 2. The van der Waals surface area contributed by atoms with Gasteiger partial charge in [-0.25, -0.2) is 18.0 Å². The van der Waals surface area contributed by atoms with Gasteiger partial charge in [-0.05, 0) is 24.3 Å². The van der Waals surface area contributed by atoms with E-state index in [1.165, 1.54) is 18.2 Å². The predicted octanol–water partition coefficient (Wildman–Crippen LogP) is 4.40. The molecule has 20 heavy (non-hydrogen) atoms. The lowest BCUT2D eigenvalue weighted by molar-refractivity contribution is 0.262. The van der Waals surface area contributed by atoms with E-state index in [1.807, 2.05) is 0 Å². The van der Waals surface area contributed by atoms with Gasteiger partial charge in [0.25, 0.3) is 0 Å². The van der Waals surface area contributed by atoms with E-state index >= 15 is 0 Å². The van der Waals surface area contributed by atoms with Crippen LogP contribution in [0.3, 0.4) is 0 Å². The molecule has 2 amide bonds. The van der Waals surface area contributed by atoms with Gasteiger partial charge in [-0.2, -0.15) is 0 Å². The highest BCUT2D eigenvalue weighted by Gasteiger charge is 2.11. The van der Waals surface area contributed by atoms with Crippen molar-refractivity contribution in [3.63, 3.8) is 0 Å². The number of hydrogen-bond acceptors (Lipinski definition) is 1. The van der Waals surface area contributed by atoms with Crippen LogP contribution in [-0.4, -0.2) is 6.03 Å². The first-order valence-corrected chi connectivity index (χ1v) is 5.82. The average molecular weight is 301 g/mol. The van der Waals surface area contributed by atoms with Crippen LogP contribution in [0.5, 0.6) is 0 Å². The second-order valence-electron chi connectivity index (χ2n) is 3.80. The molecule has 0 spiro atoms. The zero-order valence-electron chi connectivity index (χ0n) is 9.88. The summed E-state index contributed by atoms with van der Waals surface area (Å²) in [5, 5.41) is 4.05. The maximum Gasteiger partial charge on any atom is 0.323 e. The monoisotopic (exact) mass is 300 g/mol. The van der Waals surface area contributed by atoms with Gasteiger partial charge >= 0.3 is 6.03 Å². The Morgan fingerprint density at radius 2 is 1.70 bits per heavy atom. The Morgan fingerprint density at radius 3 is 2.45 bits per heavy atom. The summed E-state index contributed by atoms with van der Waals surface area (Å²) in [4.78, 5) is 11.6. The van der Waals surface area contributed by atoms with Gasteiger partial charge in [-0.1, -0.05) is 17.7 Å². The van der Waals surface area contributed by atoms with Gasteiger partial charge in [0.05, 0.1) is 16.4 Å². The van der Waals surface area contributed by atoms with Crippen LogP contribution in [0.1, 0.15) is 0 Å². The molecule has 0 radical (unpaired) electrons. The molecule has 0 saturated heterocycles. The molecular formula is C13H8ClF3N2O. The van der Waals surface area contributed by atoms with E-state index in [4.69, 9.17) is 11.6 Å². The molecule has 0 atom stereocenters. The maximum atomic E-state index is 13.5. The third-order valence-corrected chi connectivity index (χ3v) is 2.67. The van der Waals surface area contributed by atoms with Crippen LogP contribution in [-0.2, 0) is 0 Å². The smallest absolute Gasteiger partial charge is 0.305 e. The minimum atomic E-state index is -0.921. The van der Waals surface area contributed by atoms with Crippen LogP contribution in [0.15, 0.2) is 36.4 Å². The molecule has 104 valence electrons. The highest BCUT2D eigenvalue weighted by atomic mass is 35.5. The molecule has 0 aliphatic rings. The van der Waals surface area contributed by atoms with Gasteiger partial charge in [-0.15, -0.1) is 0 Å². The topological polar surface area (TPSA) is 41.1 Å². The molecular weight excluding hydrogens is 293 g/mol. The zero-order chi connectivity index (χ0) is 14.7.